The summed E-state index contributed by atoms with van der Waals surface area (Å²) < 4.78 is 14.7. The van der Waals surface area contributed by atoms with Crippen LogP contribution in [0.25, 0.3) is 11.4 Å². The quantitative estimate of drug-likeness (QED) is 0.739. The van der Waals surface area contributed by atoms with E-state index in [4.69, 9.17) is 5.73 Å². The number of nitrogens with zero attached hydrogens (tertiary/aromatic N) is 4. The van der Waals surface area contributed by atoms with Gasteiger partial charge in [-0.15, -0.1) is 5.10 Å². The lowest BCUT2D eigenvalue weighted by atomic mass is 10.1. The van der Waals surface area contributed by atoms with Crippen molar-refractivity contribution in [3.63, 3.8) is 0 Å². The zero-order chi connectivity index (χ0) is 13.9. The summed E-state index contributed by atoms with van der Waals surface area (Å²) in [6, 6.07) is 14.0. The predicted octanol–water partition coefficient (Wildman–Crippen LogP) is 2.11. The molecular formula is C14H12FN5. The Balaban J connectivity index is 1.98. The Kier molecular flexibility index (Phi) is 3.12. The Morgan fingerprint density at radius 3 is 2.65 bits per heavy atom. The van der Waals surface area contributed by atoms with E-state index in [0.29, 0.717) is 23.6 Å². The fraction of sp³-hybridized carbons (Fsp3) is 0.0714. The van der Waals surface area contributed by atoms with Gasteiger partial charge in [0.2, 0.25) is 0 Å². The highest BCUT2D eigenvalue weighted by Crippen LogP contribution is 2.24. The zero-order valence-electron chi connectivity index (χ0n) is 10.6. The van der Waals surface area contributed by atoms with Crippen molar-refractivity contribution < 1.29 is 4.39 Å². The molecule has 1 heterocycles. The van der Waals surface area contributed by atoms with Crippen LogP contribution < -0.4 is 5.73 Å². The second-order valence-corrected chi connectivity index (χ2v) is 4.38. The van der Waals surface area contributed by atoms with Gasteiger partial charge in [-0.2, -0.15) is 0 Å². The molecular weight excluding hydrogens is 257 g/mol. The average molecular weight is 269 g/mol. The van der Waals surface area contributed by atoms with Crippen molar-refractivity contribution in [3.8, 4) is 11.4 Å². The van der Waals surface area contributed by atoms with Crippen LogP contribution in [0.15, 0.2) is 48.5 Å². The van der Waals surface area contributed by atoms with E-state index in [1.165, 1.54) is 12.1 Å². The van der Waals surface area contributed by atoms with Gasteiger partial charge in [0.25, 0.3) is 0 Å². The van der Waals surface area contributed by atoms with Crippen LogP contribution in [0.3, 0.4) is 0 Å². The second-order valence-electron chi connectivity index (χ2n) is 4.38. The van der Waals surface area contributed by atoms with Crippen molar-refractivity contribution in [3.05, 3.63) is 59.9 Å². The minimum atomic E-state index is -0.381. The van der Waals surface area contributed by atoms with Gasteiger partial charge in [0.1, 0.15) is 5.82 Å². The minimum absolute atomic E-state index is 0.314. The van der Waals surface area contributed by atoms with E-state index < -0.39 is 0 Å². The Bertz CT molecular complexity index is 723. The summed E-state index contributed by atoms with van der Waals surface area (Å²) in [5.41, 5.74) is 7.83. The molecule has 5 nitrogen and oxygen atoms in total. The number of nitrogen functional groups attached to an aromatic ring is 1. The molecule has 0 fully saturated rings. The summed E-state index contributed by atoms with van der Waals surface area (Å²) in [7, 11) is 0. The molecule has 0 aliphatic heterocycles. The van der Waals surface area contributed by atoms with Crippen LogP contribution in [0.2, 0.25) is 0 Å². The Hall–Kier alpha value is -2.76. The molecule has 0 unspecified atom stereocenters. The number of tetrazole rings is 1. The van der Waals surface area contributed by atoms with Gasteiger partial charge in [0, 0.05) is 11.3 Å². The van der Waals surface area contributed by atoms with E-state index >= 15 is 0 Å². The molecule has 0 amide bonds. The molecule has 0 radical (unpaired) electrons. The molecule has 0 atom stereocenters. The van der Waals surface area contributed by atoms with Crippen LogP contribution in [0.1, 0.15) is 5.56 Å². The van der Waals surface area contributed by atoms with Gasteiger partial charge in [0.05, 0.1) is 6.54 Å². The number of halogens is 1. The number of aromatic nitrogens is 4. The predicted molar refractivity (Wildman–Crippen MR) is 73.2 cm³/mol. The molecule has 0 saturated carbocycles. The molecule has 0 spiro atoms. The molecule has 0 bridgehead atoms. The minimum Gasteiger partial charge on any atom is -0.398 e. The molecule has 3 aromatic rings. The van der Waals surface area contributed by atoms with Crippen LogP contribution in [0, 0.1) is 5.82 Å². The van der Waals surface area contributed by atoms with Crippen molar-refractivity contribution >= 4 is 5.69 Å². The molecule has 1 aromatic heterocycles. The van der Waals surface area contributed by atoms with Crippen LogP contribution in [0.5, 0.6) is 0 Å². The first-order valence-electron chi connectivity index (χ1n) is 6.09. The highest BCUT2D eigenvalue weighted by atomic mass is 19.1. The van der Waals surface area contributed by atoms with Crippen molar-refractivity contribution in [1.29, 1.82) is 0 Å². The van der Waals surface area contributed by atoms with E-state index in [-0.39, 0.29) is 5.82 Å². The highest BCUT2D eigenvalue weighted by Gasteiger charge is 2.12. The fourth-order valence-electron chi connectivity index (χ4n) is 2.00. The van der Waals surface area contributed by atoms with E-state index in [1.54, 1.807) is 10.7 Å². The lowest BCUT2D eigenvalue weighted by Gasteiger charge is -2.07. The lowest BCUT2D eigenvalue weighted by Crippen LogP contribution is -2.05. The largest absolute Gasteiger partial charge is 0.398 e. The molecule has 0 saturated heterocycles. The van der Waals surface area contributed by atoms with Crippen molar-refractivity contribution in [2.24, 2.45) is 0 Å². The maximum atomic E-state index is 13.1. The van der Waals surface area contributed by atoms with Gasteiger partial charge < -0.3 is 5.73 Å². The topological polar surface area (TPSA) is 69.6 Å². The molecule has 6 heteroatoms. The van der Waals surface area contributed by atoms with Gasteiger partial charge in [-0.3, -0.25) is 0 Å². The number of nitrogens with two attached hydrogens (primary N) is 1. The maximum Gasteiger partial charge on any atom is 0.184 e. The summed E-state index contributed by atoms with van der Waals surface area (Å²) in [4.78, 5) is 0. The first-order chi connectivity index (χ1) is 9.74. The van der Waals surface area contributed by atoms with E-state index in [2.05, 4.69) is 15.5 Å². The second kappa shape index (κ2) is 5.08. The molecule has 100 valence electrons. The number of benzene rings is 2. The Labute approximate surface area is 114 Å². The van der Waals surface area contributed by atoms with Crippen molar-refractivity contribution in [2.45, 2.75) is 6.54 Å². The number of anilines is 1. The third-order valence-electron chi connectivity index (χ3n) is 2.96. The molecule has 0 aliphatic rings. The summed E-state index contributed by atoms with van der Waals surface area (Å²) in [6.07, 6.45) is 0. The van der Waals surface area contributed by atoms with Crippen molar-refractivity contribution in [1.82, 2.24) is 20.2 Å². The fourth-order valence-corrected chi connectivity index (χ4v) is 2.00. The van der Waals surface area contributed by atoms with E-state index in [9.17, 15) is 4.39 Å². The monoisotopic (exact) mass is 269 g/mol. The average Bonchev–Trinajstić information content (AvgIpc) is 2.88. The third kappa shape index (κ3) is 2.35. The number of rotatable bonds is 3. The van der Waals surface area contributed by atoms with E-state index in [0.717, 1.165) is 5.56 Å². The molecule has 20 heavy (non-hydrogen) atoms. The van der Waals surface area contributed by atoms with Gasteiger partial charge >= 0.3 is 0 Å². The molecule has 2 N–H and O–H groups in total. The summed E-state index contributed by atoms with van der Waals surface area (Å²) in [5.74, 6) is 0.139. The lowest BCUT2D eigenvalue weighted by molar-refractivity contribution is 0.628. The van der Waals surface area contributed by atoms with Crippen LogP contribution in [0.4, 0.5) is 10.1 Å². The van der Waals surface area contributed by atoms with Crippen LogP contribution in [-0.4, -0.2) is 20.2 Å². The van der Waals surface area contributed by atoms with Gasteiger partial charge in [-0.1, -0.05) is 30.3 Å². The standard InChI is InChI=1S/C14H12FN5/c15-11-6-7-12(13(16)8-11)14-17-18-19-20(14)9-10-4-2-1-3-5-10/h1-8H,9,16H2. The van der Waals surface area contributed by atoms with Gasteiger partial charge in [-0.05, 0) is 34.2 Å². The number of hydrogen-bond acceptors (Lipinski definition) is 4. The van der Waals surface area contributed by atoms with Gasteiger partial charge in [0.15, 0.2) is 5.82 Å². The Morgan fingerprint density at radius 1 is 1.10 bits per heavy atom. The smallest absolute Gasteiger partial charge is 0.184 e. The summed E-state index contributed by atoms with van der Waals surface area (Å²) >= 11 is 0. The SMILES string of the molecule is Nc1cc(F)ccc1-c1nnnn1Cc1ccccc1. The van der Waals surface area contributed by atoms with Crippen molar-refractivity contribution in [2.75, 3.05) is 5.73 Å². The Morgan fingerprint density at radius 2 is 1.90 bits per heavy atom. The normalized spacial score (nSPS) is 10.7. The third-order valence-corrected chi connectivity index (χ3v) is 2.96. The molecule has 2 aromatic carbocycles. The van der Waals surface area contributed by atoms with Gasteiger partial charge in [-0.25, -0.2) is 9.07 Å². The first kappa shape index (κ1) is 12.3. The van der Waals surface area contributed by atoms with Crippen LogP contribution >= 0.6 is 0 Å². The number of hydrogen-bond donors (Lipinski definition) is 1. The molecule has 0 aliphatic carbocycles. The summed E-state index contributed by atoms with van der Waals surface area (Å²) in [5, 5.41) is 11.6. The summed E-state index contributed by atoms with van der Waals surface area (Å²) in [6.45, 7) is 0.528. The zero-order valence-corrected chi connectivity index (χ0v) is 10.6. The maximum absolute atomic E-state index is 13.1. The first-order valence-corrected chi connectivity index (χ1v) is 6.09. The van der Waals surface area contributed by atoms with E-state index in [1.807, 2.05) is 30.3 Å². The van der Waals surface area contributed by atoms with Crippen LogP contribution in [-0.2, 0) is 6.54 Å². The molecule has 3 rings (SSSR count). The highest BCUT2D eigenvalue weighted by molar-refractivity contribution is 5.71.